The summed E-state index contributed by atoms with van der Waals surface area (Å²) in [5.74, 6) is 0.576. The Morgan fingerprint density at radius 2 is 2.28 bits per heavy atom. The van der Waals surface area contributed by atoms with E-state index in [4.69, 9.17) is 9.47 Å². The minimum absolute atomic E-state index is 0.0983. The van der Waals surface area contributed by atoms with Crippen LogP contribution in [0.5, 0.6) is 16.7 Å². The molecule has 0 aliphatic carbocycles. The number of hydrogen-bond donors (Lipinski definition) is 0. The van der Waals surface area contributed by atoms with Crippen molar-refractivity contribution in [2.75, 3.05) is 7.11 Å². The SMILES string of the molecule is COc1ccc([N+](=O)[O-])c(Oc2nc(Br)cs2)c1. The molecule has 0 saturated heterocycles. The zero-order valence-corrected chi connectivity index (χ0v) is 11.5. The van der Waals surface area contributed by atoms with E-state index in [9.17, 15) is 10.1 Å². The molecule has 0 saturated carbocycles. The normalized spacial score (nSPS) is 10.1. The van der Waals surface area contributed by atoms with Crippen LogP contribution in [0.2, 0.25) is 0 Å². The van der Waals surface area contributed by atoms with Crippen molar-refractivity contribution in [1.29, 1.82) is 0 Å². The predicted molar refractivity (Wildman–Crippen MR) is 69.5 cm³/mol. The Morgan fingerprint density at radius 1 is 1.50 bits per heavy atom. The molecular formula is C10H7BrN2O4S. The lowest BCUT2D eigenvalue weighted by atomic mass is 10.3. The molecule has 0 amide bonds. The van der Waals surface area contributed by atoms with Crippen LogP contribution >= 0.6 is 27.3 Å². The van der Waals surface area contributed by atoms with Crippen LogP contribution in [-0.4, -0.2) is 17.0 Å². The minimum Gasteiger partial charge on any atom is -0.497 e. The van der Waals surface area contributed by atoms with Gasteiger partial charge < -0.3 is 9.47 Å². The fourth-order valence-corrected chi connectivity index (χ4v) is 2.33. The molecule has 0 N–H and O–H groups in total. The van der Waals surface area contributed by atoms with Gasteiger partial charge in [-0.05, 0) is 22.0 Å². The van der Waals surface area contributed by atoms with Crippen LogP contribution in [0.1, 0.15) is 0 Å². The van der Waals surface area contributed by atoms with Crippen LogP contribution in [0.15, 0.2) is 28.2 Å². The quantitative estimate of drug-likeness (QED) is 0.632. The van der Waals surface area contributed by atoms with Crippen molar-refractivity contribution < 1.29 is 14.4 Å². The number of methoxy groups -OCH3 is 1. The van der Waals surface area contributed by atoms with Crippen molar-refractivity contribution in [3.8, 4) is 16.7 Å². The van der Waals surface area contributed by atoms with Gasteiger partial charge in [0.15, 0.2) is 0 Å². The molecule has 2 rings (SSSR count). The van der Waals surface area contributed by atoms with Crippen LogP contribution in [0.3, 0.4) is 0 Å². The van der Waals surface area contributed by atoms with Gasteiger partial charge >= 0.3 is 5.69 Å². The highest BCUT2D eigenvalue weighted by Gasteiger charge is 2.18. The lowest BCUT2D eigenvalue weighted by Crippen LogP contribution is -1.94. The summed E-state index contributed by atoms with van der Waals surface area (Å²) in [6.07, 6.45) is 0. The van der Waals surface area contributed by atoms with E-state index in [1.54, 1.807) is 5.38 Å². The van der Waals surface area contributed by atoms with E-state index in [0.717, 1.165) is 0 Å². The Balaban J connectivity index is 2.37. The maximum atomic E-state index is 10.9. The molecule has 0 atom stereocenters. The molecule has 0 radical (unpaired) electrons. The van der Waals surface area contributed by atoms with Crippen LogP contribution < -0.4 is 9.47 Å². The van der Waals surface area contributed by atoms with Crippen LogP contribution in [0, 0.1) is 10.1 Å². The summed E-state index contributed by atoms with van der Waals surface area (Å²) in [4.78, 5) is 14.4. The molecule has 18 heavy (non-hydrogen) atoms. The zero-order chi connectivity index (χ0) is 13.1. The second kappa shape index (κ2) is 5.32. The van der Waals surface area contributed by atoms with E-state index in [2.05, 4.69) is 20.9 Å². The first-order valence-electron chi connectivity index (χ1n) is 4.71. The van der Waals surface area contributed by atoms with Gasteiger partial charge in [0.1, 0.15) is 10.4 Å². The maximum Gasteiger partial charge on any atom is 0.311 e. The number of nitro groups is 1. The number of thiazole rings is 1. The number of ether oxygens (including phenoxy) is 2. The molecule has 0 aliphatic heterocycles. The summed E-state index contributed by atoms with van der Waals surface area (Å²) in [7, 11) is 1.48. The Morgan fingerprint density at radius 3 is 2.83 bits per heavy atom. The maximum absolute atomic E-state index is 10.9. The van der Waals surface area contributed by atoms with E-state index in [1.807, 2.05) is 0 Å². The summed E-state index contributed by atoms with van der Waals surface area (Å²) >= 11 is 4.42. The minimum atomic E-state index is -0.516. The molecule has 94 valence electrons. The Hall–Kier alpha value is -1.67. The van der Waals surface area contributed by atoms with Crippen molar-refractivity contribution in [2.24, 2.45) is 0 Å². The van der Waals surface area contributed by atoms with Gasteiger partial charge in [0.05, 0.1) is 12.0 Å². The monoisotopic (exact) mass is 330 g/mol. The lowest BCUT2D eigenvalue weighted by molar-refractivity contribution is -0.385. The van der Waals surface area contributed by atoms with Crippen molar-refractivity contribution in [3.05, 3.63) is 38.3 Å². The lowest BCUT2D eigenvalue weighted by Gasteiger charge is -2.05. The third-order valence-electron chi connectivity index (χ3n) is 2.02. The highest BCUT2D eigenvalue weighted by Crippen LogP contribution is 2.36. The van der Waals surface area contributed by atoms with E-state index in [1.165, 1.54) is 36.6 Å². The molecular weight excluding hydrogens is 324 g/mol. The summed E-state index contributed by atoms with van der Waals surface area (Å²) in [5.41, 5.74) is -0.137. The number of rotatable bonds is 4. The highest BCUT2D eigenvalue weighted by molar-refractivity contribution is 9.10. The molecule has 6 nitrogen and oxygen atoms in total. The molecule has 2 aromatic rings. The fraction of sp³-hybridized carbons (Fsp3) is 0.100. The first kappa shape index (κ1) is 12.8. The number of aromatic nitrogens is 1. The third kappa shape index (κ3) is 2.77. The second-order valence-corrected chi connectivity index (χ2v) is 4.76. The Labute approximate surface area is 114 Å². The summed E-state index contributed by atoms with van der Waals surface area (Å²) in [5, 5.41) is 12.9. The van der Waals surface area contributed by atoms with E-state index in [0.29, 0.717) is 15.5 Å². The van der Waals surface area contributed by atoms with Gasteiger partial charge in [-0.3, -0.25) is 10.1 Å². The smallest absolute Gasteiger partial charge is 0.311 e. The first-order valence-corrected chi connectivity index (χ1v) is 6.38. The third-order valence-corrected chi connectivity index (χ3v) is 3.44. The first-order chi connectivity index (χ1) is 8.60. The van der Waals surface area contributed by atoms with Crippen molar-refractivity contribution in [1.82, 2.24) is 4.98 Å². The van der Waals surface area contributed by atoms with Crippen molar-refractivity contribution in [2.45, 2.75) is 0 Å². The fourth-order valence-electron chi connectivity index (χ4n) is 1.23. The molecule has 0 bridgehead atoms. The standard InChI is InChI=1S/C10H7BrN2O4S/c1-16-6-2-3-7(13(14)15)8(4-6)17-10-12-9(11)5-18-10/h2-5H,1H3. The summed E-state index contributed by atoms with van der Waals surface area (Å²) in [6.45, 7) is 0. The van der Waals surface area contributed by atoms with E-state index in [-0.39, 0.29) is 11.4 Å². The topological polar surface area (TPSA) is 74.5 Å². The number of hydrogen-bond acceptors (Lipinski definition) is 6. The largest absolute Gasteiger partial charge is 0.497 e. The molecule has 0 unspecified atom stereocenters. The predicted octanol–water partition coefficient (Wildman–Crippen LogP) is 3.61. The van der Waals surface area contributed by atoms with Gasteiger partial charge in [0, 0.05) is 17.5 Å². The molecule has 0 fully saturated rings. The summed E-state index contributed by atoms with van der Waals surface area (Å²) < 4.78 is 11.0. The second-order valence-electron chi connectivity index (χ2n) is 3.13. The number of nitro benzene ring substituents is 1. The van der Waals surface area contributed by atoms with E-state index < -0.39 is 4.92 Å². The van der Waals surface area contributed by atoms with Gasteiger partial charge in [0.25, 0.3) is 5.19 Å². The molecule has 0 spiro atoms. The van der Waals surface area contributed by atoms with Crippen molar-refractivity contribution in [3.63, 3.8) is 0 Å². The average molecular weight is 331 g/mol. The van der Waals surface area contributed by atoms with Crippen LogP contribution in [-0.2, 0) is 0 Å². The molecule has 1 aromatic carbocycles. The molecule has 8 heteroatoms. The Kier molecular flexibility index (Phi) is 3.78. The van der Waals surface area contributed by atoms with Gasteiger partial charge in [-0.2, -0.15) is 4.98 Å². The number of nitrogens with zero attached hydrogens (tertiary/aromatic N) is 2. The van der Waals surface area contributed by atoms with E-state index >= 15 is 0 Å². The van der Waals surface area contributed by atoms with Gasteiger partial charge in [-0.15, -0.1) is 0 Å². The summed E-state index contributed by atoms with van der Waals surface area (Å²) in [6, 6.07) is 4.28. The average Bonchev–Trinajstić information content (AvgIpc) is 2.74. The van der Waals surface area contributed by atoms with Gasteiger partial charge in [-0.25, -0.2) is 0 Å². The van der Waals surface area contributed by atoms with Gasteiger partial charge in [0.2, 0.25) is 5.75 Å². The number of halogens is 1. The molecule has 1 aromatic heterocycles. The van der Waals surface area contributed by atoms with Crippen LogP contribution in [0.4, 0.5) is 5.69 Å². The molecule has 1 heterocycles. The number of benzene rings is 1. The van der Waals surface area contributed by atoms with Crippen LogP contribution in [0.25, 0.3) is 0 Å². The highest BCUT2D eigenvalue weighted by atomic mass is 79.9. The van der Waals surface area contributed by atoms with Gasteiger partial charge in [-0.1, -0.05) is 11.3 Å². The zero-order valence-electron chi connectivity index (χ0n) is 9.12. The Bertz CT molecular complexity index is 587. The van der Waals surface area contributed by atoms with Crippen molar-refractivity contribution >= 4 is 33.0 Å². The molecule has 0 aliphatic rings.